The van der Waals surface area contributed by atoms with Crippen molar-refractivity contribution < 1.29 is 4.79 Å². The van der Waals surface area contributed by atoms with Crippen LogP contribution in [0.5, 0.6) is 0 Å². The summed E-state index contributed by atoms with van der Waals surface area (Å²) < 4.78 is 3.91. The van der Waals surface area contributed by atoms with Crippen LogP contribution in [0, 0.1) is 25.2 Å². The quantitative estimate of drug-likeness (QED) is 0.291. The van der Waals surface area contributed by atoms with Gasteiger partial charge in [-0.05, 0) is 82.0 Å². The summed E-state index contributed by atoms with van der Waals surface area (Å²) in [6.07, 6.45) is 8.60. The van der Waals surface area contributed by atoms with E-state index in [4.69, 9.17) is 28.3 Å². The van der Waals surface area contributed by atoms with Crippen molar-refractivity contribution in [3.63, 3.8) is 0 Å². The van der Waals surface area contributed by atoms with Crippen molar-refractivity contribution in [2.75, 3.05) is 26.7 Å². The van der Waals surface area contributed by atoms with Gasteiger partial charge in [0.25, 0.3) is 0 Å². The predicted molar refractivity (Wildman–Crippen MR) is 169 cm³/mol. The van der Waals surface area contributed by atoms with Crippen LogP contribution < -0.4 is 0 Å². The van der Waals surface area contributed by atoms with Gasteiger partial charge in [0.2, 0.25) is 5.91 Å². The van der Waals surface area contributed by atoms with Crippen molar-refractivity contribution in [3.8, 4) is 5.69 Å². The number of benzene rings is 1. The summed E-state index contributed by atoms with van der Waals surface area (Å²) in [6, 6.07) is 6.02. The van der Waals surface area contributed by atoms with E-state index in [2.05, 4.69) is 46.9 Å². The average molecular weight is 615 g/mol. The van der Waals surface area contributed by atoms with Crippen molar-refractivity contribution in [1.29, 1.82) is 0 Å². The van der Waals surface area contributed by atoms with E-state index in [1.54, 1.807) is 12.1 Å². The van der Waals surface area contributed by atoms with Gasteiger partial charge in [0, 0.05) is 50.1 Å². The number of likely N-dealkylation sites (tertiary alicyclic amines) is 1. The molecule has 2 aliphatic rings. The van der Waals surface area contributed by atoms with Crippen LogP contribution in [-0.4, -0.2) is 73.2 Å². The average Bonchev–Trinajstić information content (AvgIpc) is 3.55. The van der Waals surface area contributed by atoms with Crippen molar-refractivity contribution in [3.05, 3.63) is 57.1 Å². The molecule has 1 amide bonds. The molecule has 3 aromatic rings. The standard InChI is InChI=1S/C32H45Cl2N7O/c1-21-13-15-39(20-32(21,4)5)16-14-24-19-40(37-35-24)26-9-7-25(8-10-26)38(6)31(42)18-28-22(2)36-41(23(28)3)27-11-12-29(33)30(34)17-27/h11-12,17,19,21,25-26H,7-10,13-16,18,20H2,1-6H3. The highest BCUT2D eigenvalue weighted by atomic mass is 35.5. The van der Waals surface area contributed by atoms with Crippen LogP contribution in [0.3, 0.4) is 0 Å². The molecule has 1 saturated carbocycles. The van der Waals surface area contributed by atoms with Gasteiger partial charge >= 0.3 is 0 Å². The third-order valence-electron chi connectivity index (χ3n) is 9.98. The van der Waals surface area contributed by atoms with Crippen LogP contribution in [0.4, 0.5) is 0 Å². The predicted octanol–water partition coefficient (Wildman–Crippen LogP) is 6.48. The lowest BCUT2D eigenvalue weighted by molar-refractivity contribution is -0.132. The first-order valence-electron chi connectivity index (χ1n) is 15.3. The Morgan fingerprint density at radius 2 is 1.83 bits per heavy atom. The summed E-state index contributed by atoms with van der Waals surface area (Å²) in [5.41, 5.74) is 5.03. The first kappa shape index (κ1) is 31.0. The highest BCUT2D eigenvalue weighted by molar-refractivity contribution is 6.42. The number of carbonyl (C=O) groups is 1. The number of likely N-dealkylation sites (N-methyl/N-ethyl adjacent to an activating group) is 1. The van der Waals surface area contributed by atoms with Crippen LogP contribution in [0.25, 0.3) is 5.69 Å². The third kappa shape index (κ3) is 6.71. The van der Waals surface area contributed by atoms with Gasteiger partial charge in [0.1, 0.15) is 0 Å². The van der Waals surface area contributed by atoms with Gasteiger partial charge in [0.05, 0.1) is 39.6 Å². The van der Waals surface area contributed by atoms with Crippen molar-refractivity contribution in [2.24, 2.45) is 11.3 Å². The van der Waals surface area contributed by atoms with Crippen molar-refractivity contribution in [2.45, 2.75) is 91.6 Å². The summed E-state index contributed by atoms with van der Waals surface area (Å²) in [5.74, 6) is 0.892. The monoisotopic (exact) mass is 613 g/mol. The zero-order valence-corrected chi connectivity index (χ0v) is 27.4. The van der Waals surface area contributed by atoms with Gasteiger partial charge in [-0.3, -0.25) is 4.79 Å². The number of halogens is 2. The zero-order chi connectivity index (χ0) is 30.2. The molecule has 10 heteroatoms. The molecule has 228 valence electrons. The Labute approximate surface area is 260 Å². The van der Waals surface area contributed by atoms with Crippen LogP contribution in [0.1, 0.15) is 81.6 Å². The highest BCUT2D eigenvalue weighted by Crippen LogP contribution is 2.35. The first-order valence-corrected chi connectivity index (χ1v) is 16.1. The third-order valence-corrected chi connectivity index (χ3v) is 10.7. The molecule has 1 saturated heterocycles. The van der Waals surface area contributed by atoms with Crippen LogP contribution >= 0.6 is 23.2 Å². The zero-order valence-electron chi connectivity index (χ0n) is 25.9. The Balaban J connectivity index is 1.13. The molecule has 2 fully saturated rings. The van der Waals surface area contributed by atoms with Crippen LogP contribution in [-0.2, 0) is 17.6 Å². The molecule has 0 bridgehead atoms. The largest absolute Gasteiger partial charge is 0.342 e. The molecule has 8 nitrogen and oxygen atoms in total. The smallest absolute Gasteiger partial charge is 0.227 e. The van der Waals surface area contributed by atoms with Crippen LogP contribution in [0.2, 0.25) is 10.0 Å². The maximum absolute atomic E-state index is 13.4. The minimum atomic E-state index is 0.122. The molecule has 1 atom stereocenters. The summed E-state index contributed by atoms with van der Waals surface area (Å²) in [6.45, 7) is 14.5. The molecule has 0 spiro atoms. The lowest BCUT2D eigenvalue weighted by Crippen LogP contribution is -2.45. The maximum atomic E-state index is 13.4. The first-order chi connectivity index (χ1) is 19.9. The lowest BCUT2D eigenvalue weighted by atomic mass is 9.75. The molecule has 2 aromatic heterocycles. The molecule has 0 radical (unpaired) electrons. The number of aryl methyl sites for hydroxylation is 1. The molecule has 1 unspecified atom stereocenters. The molecule has 5 rings (SSSR count). The molecule has 42 heavy (non-hydrogen) atoms. The number of hydrogen-bond donors (Lipinski definition) is 0. The molecular weight excluding hydrogens is 569 g/mol. The van der Waals surface area contributed by atoms with Gasteiger partial charge in [-0.2, -0.15) is 5.10 Å². The van der Waals surface area contributed by atoms with Gasteiger partial charge in [-0.15, -0.1) is 5.10 Å². The molecular formula is C32H45Cl2N7O. The van der Waals surface area contributed by atoms with Crippen LogP contribution in [0.15, 0.2) is 24.4 Å². The fourth-order valence-corrected chi connectivity index (χ4v) is 6.93. The van der Waals surface area contributed by atoms with E-state index in [1.165, 1.54) is 13.0 Å². The Bertz CT molecular complexity index is 1410. The SMILES string of the molecule is Cc1nn(-c2ccc(Cl)c(Cl)c2)c(C)c1CC(=O)N(C)C1CCC(n2cc(CCN3CCC(C)C(C)(C)C3)nn2)CC1. The summed E-state index contributed by atoms with van der Waals surface area (Å²) in [7, 11) is 1.94. The number of amides is 1. The second kappa shape index (κ2) is 12.7. The molecule has 1 aliphatic heterocycles. The molecule has 0 N–H and O–H groups in total. The van der Waals surface area contributed by atoms with Gasteiger partial charge < -0.3 is 9.80 Å². The number of piperidine rings is 1. The van der Waals surface area contributed by atoms with Gasteiger partial charge in [-0.1, -0.05) is 49.2 Å². The molecule has 3 heterocycles. The summed E-state index contributed by atoms with van der Waals surface area (Å²) >= 11 is 12.3. The van der Waals surface area contributed by atoms with E-state index in [-0.39, 0.29) is 11.9 Å². The van der Waals surface area contributed by atoms with Crippen molar-refractivity contribution >= 4 is 29.1 Å². The Morgan fingerprint density at radius 1 is 1.10 bits per heavy atom. The number of aromatic nitrogens is 5. The Morgan fingerprint density at radius 3 is 2.52 bits per heavy atom. The minimum Gasteiger partial charge on any atom is -0.342 e. The summed E-state index contributed by atoms with van der Waals surface area (Å²) in [4.78, 5) is 17.9. The van der Waals surface area contributed by atoms with Gasteiger partial charge in [0.15, 0.2) is 0 Å². The topological polar surface area (TPSA) is 72.1 Å². The minimum absolute atomic E-state index is 0.122. The lowest BCUT2D eigenvalue weighted by Gasteiger charge is -2.43. The van der Waals surface area contributed by atoms with Gasteiger partial charge in [-0.25, -0.2) is 9.36 Å². The normalized spacial score (nSPS) is 22.8. The number of rotatable bonds is 8. The Hall–Kier alpha value is -2.42. The molecule has 1 aliphatic carbocycles. The van der Waals surface area contributed by atoms with Crippen molar-refractivity contribution in [1.82, 2.24) is 34.6 Å². The fraction of sp³-hybridized carbons (Fsp3) is 0.625. The molecule has 1 aromatic carbocycles. The van der Waals surface area contributed by atoms with E-state index >= 15 is 0 Å². The maximum Gasteiger partial charge on any atom is 0.227 e. The van der Waals surface area contributed by atoms with E-state index in [0.717, 1.165) is 79.4 Å². The summed E-state index contributed by atoms with van der Waals surface area (Å²) in [5, 5.41) is 14.7. The number of hydrogen-bond acceptors (Lipinski definition) is 5. The number of carbonyl (C=O) groups excluding carboxylic acids is 1. The van der Waals surface area contributed by atoms with E-state index in [0.29, 0.717) is 27.9 Å². The van der Waals surface area contributed by atoms with E-state index in [1.807, 2.05) is 36.5 Å². The van der Waals surface area contributed by atoms with E-state index < -0.39 is 0 Å². The van der Waals surface area contributed by atoms with E-state index in [9.17, 15) is 4.79 Å². The second-order valence-electron chi connectivity index (χ2n) is 13.2. The number of nitrogens with zero attached hydrogens (tertiary/aromatic N) is 7. The fourth-order valence-electron chi connectivity index (χ4n) is 6.64. The second-order valence-corrected chi connectivity index (χ2v) is 14.0. The highest BCUT2D eigenvalue weighted by Gasteiger charge is 2.33. The Kier molecular flexibility index (Phi) is 9.36.